The zero-order chi connectivity index (χ0) is 26.1. The Morgan fingerprint density at radius 1 is 0.455 bits per heavy atom. The van der Waals surface area contributed by atoms with Crippen LogP contribution in [0.25, 0.3) is 0 Å². The van der Waals surface area contributed by atoms with Crippen LogP contribution in [0, 0.1) is 13.3 Å². The van der Waals surface area contributed by atoms with Crippen LogP contribution >= 0.6 is 37.2 Å². The van der Waals surface area contributed by atoms with Gasteiger partial charge in [-0.1, -0.05) is 54.6 Å². The molecule has 0 N–H and O–H groups in total. The van der Waals surface area contributed by atoms with Crippen LogP contribution in [0.1, 0.15) is 0 Å². The third-order valence-corrected chi connectivity index (χ3v) is 8.52. The second-order valence-corrected chi connectivity index (χ2v) is 14.8. The van der Waals surface area contributed by atoms with E-state index in [1.54, 1.807) is 0 Å². The Labute approximate surface area is 222 Å². The number of benzene rings is 3. The van der Waals surface area contributed by atoms with Gasteiger partial charge in [-0.05, 0) is 36.4 Å². The van der Waals surface area contributed by atoms with E-state index < -0.39 is 0 Å². The van der Waals surface area contributed by atoms with Crippen LogP contribution in [0.3, 0.4) is 0 Å². The van der Waals surface area contributed by atoms with E-state index in [4.69, 9.17) is 9.30 Å². The van der Waals surface area contributed by atoms with Gasteiger partial charge >= 0.3 is 53.2 Å². The van der Waals surface area contributed by atoms with Gasteiger partial charge in [0.05, 0.1) is 55.9 Å². The van der Waals surface area contributed by atoms with E-state index in [1.165, 1.54) is 33.1 Å². The second-order valence-electron chi connectivity index (χ2n) is 7.10. The minimum absolute atomic E-state index is 0.212. The van der Waals surface area contributed by atoms with Crippen LogP contribution in [0.5, 0.6) is 0 Å². The molecule has 0 bridgehead atoms. The van der Waals surface area contributed by atoms with E-state index in [-0.39, 0.29) is 23.8 Å². The Morgan fingerprint density at radius 3 is 0.697 bits per heavy atom. The van der Waals surface area contributed by atoms with Crippen molar-refractivity contribution in [1.82, 2.24) is 0 Å². The average molecular weight is 740 g/mol. The second kappa shape index (κ2) is 27.8. The fourth-order valence-electron chi connectivity index (χ4n) is 2.31. The molecule has 0 saturated carbocycles. The summed E-state index contributed by atoms with van der Waals surface area (Å²) in [5.74, 6) is 0. The first kappa shape index (κ1) is 37.1. The molecule has 178 valence electrons. The summed E-state index contributed by atoms with van der Waals surface area (Å²) in [5.41, 5.74) is 0. The van der Waals surface area contributed by atoms with Crippen LogP contribution in [0.15, 0.2) is 91.0 Å². The maximum atomic E-state index is 7.50. The quantitative estimate of drug-likeness (QED) is 0.177. The van der Waals surface area contributed by atoms with Gasteiger partial charge in [0.2, 0.25) is 0 Å². The predicted octanol–water partition coefficient (Wildman–Crippen LogP) is 6.13. The predicted molar refractivity (Wildman–Crippen MR) is 156 cm³/mol. The molecule has 7 heteroatoms. The summed E-state index contributed by atoms with van der Waals surface area (Å²) < 4.78 is 15.0. The summed E-state index contributed by atoms with van der Waals surface area (Å²) in [6.45, 7) is 22.8. The maximum absolute atomic E-state index is 7.50. The first-order valence-corrected chi connectivity index (χ1v) is 23.5. The van der Waals surface area contributed by atoms with Gasteiger partial charge in [-0.25, -0.2) is 0 Å². The van der Waals surface area contributed by atoms with Crippen molar-refractivity contribution in [3.05, 3.63) is 104 Å². The van der Waals surface area contributed by atoms with Crippen LogP contribution in [-0.4, -0.2) is 40.0 Å². The van der Waals surface area contributed by atoms with Crippen molar-refractivity contribution in [3.63, 3.8) is 0 Å². The molecule has 0 saturated heterocycles. The molecule has 33 heavy (non-hydrogen) atoms. The van der Waals surface area contributed by atoms with Crippen LogP contribution < -0.4 is 15.9 Å². The Balaban J connectivity index is -0.000000367. The van der Waals surface area contributed by atoms with Crippen molar-refractivity contribution in [2.75, 3.05) is 40.0 Å². The first-order valence-electron chi connectivity index (χ1n) is 10.0. The normalized spacial score (nSPS) is 8.58. The van der Waals surface area contributed by atoms with E-state index in [0.717, 1.165) is 0 Å². The van der Waals surface area contributed by atoms with Gasteiger partial charge in [0.25, 0.3) is 0 Å². The van der Waals surface area contributed by atoms with Gasteiger partial charge in [0, 0.05) is 23.8 Å². The third-order valence-electron chi connectivity index (χ3n) is 4.05. The molecule has 0 spiro atoms. The SMILES string of the molecule is C[PH+](C)c1ccccc1.C[PH+](C)c1ccccc1.C[PH+](C)c1ccccc1.[Br][Re].[C-]#[O+].[C-]#[O+]. The molecule has 3 aromatic rings. The van der Waals surface area contributed by atoms with Crippen LogP contribution in [-0.2, 0) is 26.5 Å². The molecular weight excluding hydrogens is 703 g/mol. The first-order chi connectivity index (χ1) is 15.9. The zero-order valence-corrected chi connectivity index (χ0v) is 27.5. The van der Waals surface area contributed by atoms with Crippen molar-refractivity contribution in [2.24, 2.45) is 0 Å². The molecule has 0 unspecified atom stereocenters. The number of hydrogen-bond acceptors (Lipinski definition) is 0. The third kappa shape index (κ3) is 21.8. The summed E-state index contributed by atoms with van der Waals surface area (Å²) >= 11 is 4.53. The molecule has 0 aliphatic heterocycles. The Hall–Kier alpha value is -0.428. The fourth-order valence-corrected chi connectivity index (χ4v) is 4.89. The average Bonchev–Trinajstić information content (AvgIpc) is 2.90. The van der Waals surface area contributed by atoms with Gasteiger partial charge in [-0.3, -0.25) is 0 Å². The molecular formula is C26H36BrO2P3Re+3. The molecule has 0 radical (unpaired) electrons. The summed E-state index contributed by atoms with van der Waals surface area (Å²) in [5, 5.41) is 4.55. The molecule has 0 atom stereocenters. The molecule has 3 aromatic carbocycles. The molecule has 3 rings (SSSR count). The fraction of sp³-hybridized carbons (Fsp3) is 0.231. The van der Waals surface area contributed by atoms with E-state index in [0.29, 0.717) is 0 Å². The molecule has 0 aliphatic carbocycles. The van der Waals surface area contributed by atoms with Gasteiger partial charge < -0.3 is 0 Å². The number of halogens is 1. The van der Waals surface area contributed by atoms with E-state index >= 15 is 0 Å². The summed E-state index contributed by atoms with van der Waals surface area (Å²) in [7, 11) is -0.637. The Bertz CT molecular complexity index is 704. The molecule has 0 aromatic heterocycles. The van der Waals surface area contributed by atoms with Crippen LogP contribution in [0.4, 0.5) is 0 Å². The van der Waals surface area contributed by atoms with Gasteiger partial charge in [-0.2, -0.15) is 0 Å². The Kier molecular flexibility index (Phi) is 31.3. The Morgan fingerprint density at radius 2 is 0.606 bits per heavy atom. The van der Waals surface area contributed by atoms with Crippen molar-refractivity contribution >= 4 is 53.1 Å². The zero-order valence-electron chi connectivity index (χ0n) is 20.2. The summed E-state index contributed by atoms with van der Waals surface area (Å²) in [4.78, 5) is 0. The van der Waals surface area contributed by atoms with Gasteiger partial charge in [0.1, 0.15) is 0 Å². The van der Waals surface area contributed by atoms with E-state index in [2.05, 4.69) is 158 Å². The topological polar surface area (TPSA) is 39.8 Å². The van der Waals surface area contributed by atoms with E-state index in [1.807, 2.05) is 0 Å². The standard InChI is InChI=1S/3C8H11P.2CO.BrH.Re/c3*1-9(2)8-6-4-3-5-7-8;2*1-2;;/h3*3-7H,1-2H3;;;1H;/q;;;;;;+1/p+2. The summed E-state index contributed by atoms with van der Waals surface area (Å²) in [6, 6.07) is 32.0. The van der Waals surface area contributed by atoms with Crippen molar-refractivity contribution in [1.29, 1.82) is 0 Å². The molecule has 0 fully saturated rings. The van der Waals surface area contributed by atoms with Gasteiger partial charge in [0.15, 0.2) is 0 Å². The van der Waals surface area contributed by atoms with Crippen molar-refractivity contribution < 1.29 is 26.5 Å². The van der Waals surface area contributed by atoms with Gasteiger partial charge in [-0.15, -0.1) is 0 Å². The van der Waals surface area contributed by atoms with E-state index in [9.17, 15) is 0 Å². The molecule has 2 nitrogen and oxygen atoms in total. The number of rotatable bonds is 3. The van der Waals surface area contributed by atoms with Crippen molar-refractivity contribution in [3.8, 4) is 0 Å². The van der Waals surface area contributed by atoms with Crippen LogP contribution in [0.2, 0.25) is 0 Å². The molecule has 0 heterocycles. The summed E-state index contributed by atoms with van der Waals surface area (Å²) in [6.07, 6.45) is 0. The van der Waals surface area contributed by atoms with Crippen molar-refractivity contribution in [2.45, 2.75) is 0 Å². The monoisotopic (exact) mass is 739 g/mol. The molecule has 0 amide bonds. The molecule has 0 aliphatic rings. The minimum atomic E-state index is -0.212. The number of hydrogen-bond donors (Lipinski definition) is 0.